The number of benzene rings is 2. The van der Waals surface area contributed by atoms with E-state index in [0.717, 1.165) is 36.8 Å². The van der Waals surface area contributed by atoms with Gasteiger partial charge in [0.15, 0.2) is 0 Å². The van der Waals surface area contributed by atoms with E-state index in [9.17, 15) is 18.5 Å². The van der Waals surface area contributed by atoms with E-state index < -0.39 is 15.6 Å². The average Bonchev–Trinajstić information content (AvgIpc) is 3.62. The summed E-state index contributed by atoms with van der Waals surface area (Å²) in [5.41, 5.74) is 2.17. The van der Waals surface area contributed by atoms with Crippen molar-refractivity contribution in [2.24, 2.45) is 5.92 Å². The normalized spacial score (nSPS) is 21.2. The molecule has 2 fully saturated rings. The number of likely N-dealkylation sites (tertiary alicyclic amines) is 1. The molecular weight excluding hydrogens is 498 g/mol. The molecule has 2 aliphatic heterocycles. The number of H-pyrrole nitrogens is 1. The minimum absolute atomic E-state index is 0.0232. The number of halogens is 1. The van der Waals surface area contributed by atoms with Gasteiger partial charge < -0.3 is 10.3 Å². The second-order valence-corrected chi connectivity index (χ2v) is 12.1. The number of anilines is 2. The first-order valence-corrected chi connectivity index (χ1v) is 14.1. The van der Waals surface area contributed by atoms with Crippen LogP contribution in [-0.4, -0.2) is 50.5 Å². The zero-order chi connectivity index (χ0) is 25.0. The highest BCUT2D eigenvalue weighted by Gasteiger charge is 2.37. The number of fused-ring (bicyclic) bond motifs is 4. The van der Waals surface area contributed by atoms with Crippen LogP contribution in [0.4, 0.5) is 11.4 Å². The number of nitrogens with one attached hydrogen (secondary N) is 2. The van der Waals surface area contributed by atoms with Crippen molar-refractivity contribution < 1.29 is 8.42 Å². The molecule has 186 valence electrons. The van der Waals surface area contributed by atoms with Crippen molar-refractivity contribution in [1.29, 1.82) is 5.26 Å². The molecule has 2 bridgehead atoms. The van der Waals surface area contributed by atoms with Crippen molar-refractivity contribution in [2.45, 2.75) is 36.6 Å². The molecule has 2 aromatic carbocycles. The first-order valence-electron chi connectivity index (χ1n) is 12.2. The molecule has 6 rings (SSSR count). The van der Waals surface area contributed by atoms with Crippen LogP contribution in [0.1, 0.15) is 30.4 Å². The van der Waals surface area contributed by atoms with Crippen molar-refractivity contribution in [3.8, 4) is 6.07 Å². The van der Waals surface area contributed by atoms with Crippen LogP contribution >= 0.6 is 11.6 Å². The lowest BCUT2D eigenvalue weighted by Gasteiger charge is -2.27. The molecule has 36 heavy (non-hydrogen) atoms. The number of aromatic nitrogens is 1. The van der Waals surface area contributed by atoms with Crippen molar-refractivity contribution in [1.82, 2.24) is 9.88 Å². The molecule has 1 aromatic heterocycles. The molecule has 1 saturated heterocycles. The van der Waals surface area contributed by atoms with Gasteiger partial charge in [0.2, 0.25) is 0 Å². The molecule has 3 aromatic rings. The Morgan fingerprint density at radius 3 is 2.86 bits per heavy atom. The molecule has 0 radical (unpaired) electrons. The Hall–Kier alpha value is -3.06. The Kier molecular flexibility index (Phi) is 5.71. The van der Waals surface area contributed by atoms with E-state index in [-0.39, 0.29) is 27.2 Å². The highest BCUT2D eigenvalue weighted by molar-refractivity contribution is 7.93. The third-order valence-electron chi connectivity index (χ3n) is 7.83. The first-order chi connectivity index (χ1) is 17.4. The Labute approximate surface area is 214 Å². The predicted octanol–water partition coefficient (Wildman–Crippen LogP) is 3.70. The monoisotopic (exact) mass is 523 g/mol. The summed E-state index contributed by atoms with van der Waals surface area (Å²) >= 11 is 6.34. The highest BCUT2D eigenvalue weighted by atomic mass is 35.5. The van der Waals surface area contributed by atoms with Gasteiger partial charge in [0, 0.05) is 60.4 Å². The van der Waals surface area contributed by atoms with Gasteiger partial charge in [-0.15, -0.1) is 0 Å². The maximum Gasteiger partial charge on any atom is 0.265 e. The summed E-state index contributed by atoms with van der Waals surface area (Å²) in [7, 11) is -4.05. The lowest BCUT2D eigenvalue weighted by Crippen LogP contribution is -2.35. The van der Waals surface area contributed by atoms with Crippen molar-refractivity contribution in [3.05, 3.63) is 63.0 Å². The topological polar surface area (TPSA) is 109 Å². The fourth-order valence-electron chi connectivity index (χ4n) is 6.16. The van der Waals surface area contributed by atoms with Crippen LogP contribution in [0.5, 0.6) is 0 Å². The van der Waals surface area contributed by atoms with Crippen LogP contribution in [0.2, 0.25) is 5.02 Å². The van der Waals surface area contributed by atoms with Crippen LogP contribution in [0, 0.1) is 17.2 Å². The van der Waals surface area contributed by atoms with E-state index in [1.165, 1.54) is 35.8 Å². The maximum absolute atomic E-state index is 13.9. The summed E-state index contributed by atoms with van der Waals surface area (Å²) in [6.07, 6.45) is 5.76. The van der Waals surface area contributed by atoms with Crippen LogP contribution in [0.15, 0.2) is 46.2 Å². The molecule has 0 amide bonds. The fraction of sp³-hybridized carbons (Fsp3) is 0.385. The number of hydrogen-bond acceptors (Lipinski definition) is 6. The summed E-state index contributed by atoms with van der Waals surface area (Å²) in [6.45, 7) is 3.07. The largest absolute Gasteiger partial charge is 0.383 e. The van der Waals surface area contributed by atoms with Gasteiger partial charge in [-0.3, -0.25) is 14.0 Å². The minimum atomic E-state index is -4.05. The second-order valence-electron chi connectivity index (χ2n) is 9.86. The Morgan fingerprint density at radius 1 is 1.25 bits per heavy atom. The van der Waals surface area contributed by atoms with Gasteiger partial charge in [-0.2, -0.15) is 5.26 Å². The van der Waals surface area contributed by atoms with E-state index >= 15 is 0 Å². The van der Waals surface area contributed by atoms with Crippen molar-refractivity contribution in [2.75, 3.05) is 35.8 Å². The van der Waals surface area contributed by atoms with Crippen molar-refractivity contribution >= 4 is 43.8 Å². The number of hydrogen-bond donors (Lipinski definition) is 2. The van der Waals surface area contributed by atoms with Crippen LogP contribution in [-0.2, 0) is 16.4 Å². The number of sulfonamides is 1. The number of nitrogens with zero attached hydrogens (tertiary/aromatic N) is 3. The summed E-state index contributed by atoms with van der Waals surface area (Å²) in [4.78, 5) is 17.4. The first kappa shape index (κ1) is 23.3. The SMILES string of the molecule is N#Cc1cc(NCCN2C[C@H]3CC[C@@H]2C3)c2c(c1)N(S(=O)(=O)c1cccc3c(=O)[nH]cc(Cl)c13)CC2. The lowest BCUT2D eigenvalue weighted by atomic mass is 10.1. The Bertz CT molecular complexity index is 1580. The maximum atomic E-state index is 13.9. The Balaban J connectivity index is 1.33. The van der Waals surface area contributed by atoms with Gasteiger partial charge >= 0.3 is 0 Å². The zero-order valence-electron chi connectivity index (χ0n) is 19.6. The van der Waals surface area contributed by atoms with E-state index in [0.29, 0.717) is 23.7 Å². The van der Waals surface area contributed by atoms with E-state index in [1.807, 2.05) is 0 Å². The van der Waals surface area contributed by atoms with Crippen LogP contribution in [0.25, 0.3) is 10.8 Å². The molecule has 1 saturated carbocycles. The quantitative estimate of drug-likeness (QED) is 0.510. The third-order valence-corrected chi connectivity index (χ3v) is 9.99. The lowest BCUT2D eigenvalue weighted by molar-refractivity contribution is 0.221. The highest BCUT2D eigenvalue weighted by Crippen LogP contribution is 2.40. The molecule has 10 heteroatoms. The van der Waals surface area contributed by atoms with E-state index in [2.05, 4.69) is 21.3 Å². The molecule has 3 heterocycles. The van der Waals surface area contributed by atoms with Gasteiger partial charge in [0.25, 0.3) is 15.6 Å². The molecule has 2 atom stereocenters. The second kappa shape index (κ2) is 8.80. The van der Waals surface area contributed by atoms with E-state index in [1.54, 1.807) is 24.3 Å². The van der Waals surface area contributed by atoms with Gasteiger partial charge in [0.05, 0.1) is 27.2 Å². The molecule has 8 nitrogen and oxygen atoms in total. The molecule has 1 aliphatic carbocycles. The standard InChI is InChI=1S/C26H26ClN5O3S/c27-21-14-30-26(33)20-2-1-3-24(25(20)21)36(34,35)32-8-6-19-22(11-17(13-28)12-23(19)32)29-7-9-31-15-16-4-5-18(31)10-16/h1-3,11-12,14,16,18,29H,4-10,15H2,(H,30,33)/t16-,18+/m0/s1. The molecule has 0 unspecified atom stereocenters. The molecule has 3 aliphatic rings. The predicted molar refractivity (Wildman–Crippen MR) is 140 cm³/mol. The van der Waals surface area contributed by atoms with Crippen molar-refractivity contribution in [3.63, 3.8) is 0 Å². The number of rotatable bonds is 6. The Morgan fingerprint density at radius 2 is 2.11 bits per heavy atom. The van der Waals surface area contributed by atoms with Gasteiger partial charge in [-0.1, -0.05) is 17.7 Å². The zero-order valence-corrected chi connectivity index (χ0v) is 21.2. The fourth-order valence-corrected chi connectivity index (χ4v) is 8.20. The number of aromatic amines is 1. The smallest absolute Gasteiger partial charge is 0.265 e. The molecular formula is C26H26ClN5O3S. The summed E-state index contributed by atoms with van der Waals surface area (Å²) in [6, 6.07) is 10.9. The minimum Gasteiger partial charge on any atom is -0.383 e. The van der Waals surface area contributed by atoms with Gasteiger partial charge in [0.1, 0.15) is 0 Å². The summed E-state index contributed by atoms with van der Waals surface area (Å²) in [5, 5.41) is 13.7. The molecule has 0 spiro atoms. The van der Waals surface area contributed by atoms with Crippen LogP contribution in [0.3, 0.4) is 0 Å². The summed E-state index contributed by atoms with van der Waals surface area (Å²) in [5.74, 6) is 0.832. The number of piperidine rings is 1. The van der Waals surface area contributed by atoms with Gasteiger partial charge in [-0.05, 0) is 55.9 Å². The number of pyridine rings is 1. The average molecular weight is 524 g/mol. The third kappa shape index (κ3) is 3.76. The van der Waals surface area contributed by atoms with Gasteiger partial charge in [-0.25, -0.2) is 8.42 Å². The van der Waals surface area contributed by atoms with Crippen LogP contribution < -0.4 is 15.2 Å². The molecule has 2 N–H and O–H groups in total. The summed E-state index contributed by atoms with van der Waals surface area (Å²) < 4.78 is 29.1. The number of nitriles is 1. The van der Waals surface area contributed by atoms with E-state index in [4.69, 9.17) is 11.6 Å².